The number of nitrogens with zero attached hydrogens (tertiary/aromatic N) is 1. The molecular weight excluding hydrogens is 338 g/mol. The number of hydrogen-bond acceptors (Lipinski definition) is 3. The molecule has 3 aromatic rings. The van der Waals surface area contributed by atoms with Crippen molar-refractivity contribution < 1.29 is 14.9 Å². The summed E-state index contributed by atoms with van der Waals surface area (Å²) in [4.78, 5) is 0. The molecule has 0 unspecified atom stereocenters. The Hall–Kier alpha value is -2.14. The Morgan fingerprint density at radius 1 is 1.04 bits per heavy atom. The summed E-state index contributed by atoms with van der Waals surface area (Å²) >= 11 is 0. The average Bonchev–Trinajstić information content (AvgIpc) is 3.07. The molecule has 2 aromatic carbocycles. The van der Waals surface area contributed by atoms with Gasteiger partial charge in [0.25, 0.3) is 0 Å². The first-order chi connectivity index (χ1) is 13.2. The van der Waals surface area contributed by atoms with E-state index in [-0.39, 0.29) is 18.9 Å². The summed E-state index contributed by atoms with van der Waals surface area (Å²) in [5.74, 6) is 0. The van der Waals surface area contributed by atoms with E-state index in [1.54, 1.807) is 0 Å². The smallest absolute Gasteiger partial charge is 0.136 e. The Morgan fingerprint density at radius 3 is 2.52 bits per heavy atom. The van der Waals surface area contributed by atoms with Gasteiger partial charge in [0.2, 0.25) is 0 Å². The summed E-state index contributed by atoms with van der Waals surface area (Å²) in [6, 6.07) is 17.1. The molecule has 1 aliphatic heterocycles. The van der Waals surface area contributed by atoms with Gasteiger partial charge in [-0.15, -0.1) is 0 Å². The van der Waals surface area contributed by atoms with Crippen molar-refractivity contribution in [2.75, 3.05) is 6.61 Å². The second-order valence-electron chi connectivity index (χ2n) is 7.45. The number of fused-ring (bicyclic) bond motifs is 1. The van der Waals surface area contributed by atoms with E-state index in [1.807, 2.05) is 6.07 Å². The molecule has 3 atom stereocenters. The maximum Gasteiger partial charge on any atom is 0.136 e. The third-order valence-corrected chi connectivity index (χ3v) is 5.52. The molecule has 1 saturated heterocycles. The summed E-state index contributed by atoms with van der Waals surface area (Å²) < 4.78 is 8.17. The fourth-order valence-corrected chi connectivity index (χ4v) is 4.03. The highest BCUT2D eigenvalue weighted by Crippen LogP contribution is 2.33. The van der Waals surface area contributed by atoms with Crippen LogP contribution in [0, 0.1) is 0 Å². The summed E-state index contributed by atoms with van der Waals surface area (Å²) in [6.07, 6.45) is 4.06. The van der Waals surface area contributed by atoms with Crippen LogP contribution in [0.4, 0.5) is 0 Å². The van der Waals surface area contributed by atoms with Gasteiger partial charge in [-0.1, -0.05) is 49.4 Å². The maximum absolute atomic E-state index is 10.2. The van der Waals surface area contributed by atoms with Crippen LogP contribution >= 0.6 is 0 Å². The van der Waals surface area contributed by atoms with Gasteiger partial charge in [-0.05, 0) is 35.6 Å². The largest absolute Gasteiger partial charge is 0.394 e. The molecule has 1 aliphatic rings. The van der Waals surface area contributed by atoms with Gasteiger partial charge in [0, 0.05) is 24.4 Å². The number of para-hydroxylation sites is 1. The van der Waals surface area contributed by atoms with Crippen LogP contribution in [0.3, 0.4) is 0 Å². The Morgan fingerprint density at radius 2 is 1.78 bits per heavy atom. The van der Waals surface area contributed by atoms with Crippen LogP contribution in [-0.2, 0) is 17.6 Å². The predicted molar refractivity (Wildman–Crippen MR) is 107 cm³/mol. The van der Waals surface area contributed by atoms with E-state index in [0.717, 1.165) is 18.4 Å². The molecule has 2 N–H and O–H groups in total. The second kappa shape index (κ2) is 7.85. The van der Waals surface area contributed by atoms with E-state index < -0.39 is 6.10 Å². The highest BCUT2D eigenvalue weighted by molar-refractivity contribution is 5.84. The molecule has 0 radical (unpaired) electrons. The van der Waals surface area contributed by atoms with Gasteiger partial charge >= 0.3 is 0 Å². The van der Waals surface area contributed by atoms with Gasteiger partial charge < -0.3 is 19.5 Å². The number of ether oxygens (including phenoxy) is 1. The zero-order chi connectivity index (χ0) is 18.8. The number of aliphatic hydroxyl groups is 2. The zero-order valence-electron chi connectivity index (χ0n) is 15.7. The topological polar surface area (TPSA) is 54.6 Å². The summed E-state index contributed by atoms with van der Waals surface area (Å²) in [5, 5.41) is 20.9. The van der Waals surface area contributed by atoms with E-state index in [9.17, 15) is 10.2 Å². The average molecular weight is 365 g/mol. The third-order valence-electron chi connectivity index (χ3n) is 5.52. The number of hydrogen-bond donors (Lipinski definition) is 2. The molecule has 0 saturated carbocycles. The Kier molecular flexibility index (Phi) is 5.30. The second-order valence-corrected chi connectivity index (χ2v) is 7.45. The SMILES string of the molecule is CCc1ccc(Cc2cn([C@H]3C[C@@H](O)C[C@@H](CO)O3)c3ccccc23)cc1. The van der Waals surface area contributed by atoms with Crippen molar-refractivity contribution in [1.29, 1.82) is 0 Å². The third kappa shape index (κ3) is 3.79. The first-order valence-electron chi connectivity index (χ1n) is 9.78. The van der Waals surface area contributed by atoms with Crippen LogP contribution < -0.4 is 0 Å². The predicted octanol–water partition coefficient (Wildman–Crippen LogP) is 3.83. The van der Waals surface area contributed by atoms with E-state index in [2.05, 4.69) is 60.2 Å². The van der Waals surface area contributed by atoms with E-state index in [0.29, 0.717) is 12.8 Å². The number of benzene rings is 2. The summed E-state index contributed by atoms with van der Waals surface area (Å²) in [7, 11) is 0. The molecular formula is C23H27NO3. The molecule has 0 bridgehead atoms. The van der Waals surface area contributed by atoms with E-state index in [4.69, 9.17) is 4.74 Å². The molecule has 4 heteroatoms. The molecule has 0 aliphatic carbocycles. The van der Waals surface area contributed by atoms with Gasteiger partial charge in [0.05, 0.1) is 24.3 Å². The highest BCUT2D eigenvalue weighted by Gasteiger charge is 2.30. The highest BCUT2D eigenvalue weighted by atomic mass is 16.5. The monoisotopic (exact) mass is 365 g/mol. The summed E-state index contributed by atoms with van der Waals surface area (Å²) in [6.45, 7) is 2.10. The van der Waals surface area contributed by atoms with Crippen LogP contribution in [0.1, 0.15) is 42.7 Å². The number of aryl methyl sites for hydroxylation is 1. The zero-order valence-corrected chi connectivity index (χ0v) is 15.7. The molecule has 0 spiro atoms. The molecule has 4 nitrogen and oxygen atoms in total. The normalized spacial score (nSPS) is 23.0. The number of rotatable bonds is 5. The fraction of sp³-hybridized carbons (Fsp3) is 0.391. The van der Waals surface area contributed by atoms with Gasteiger partial charge in [0.15, 0.2) is 0 Å². The molecule has 4 rings (SSSR count). The fourth-order valence-electron chi connectivity index (χ4n) is 4.03. The Bertz CT molecular complexity index is 900. The van der Waals surface area contributed by atoms with Crippen LogP contribution in [0.2, 0.25) is 0 Å². The maximum atomic E-state index is 10.2. The van der Waals surface area contributed by atoms with Crippen molar-refractivity contribution in [3.63, 3.8) is 0 Å². The molecule has 1 fully saturated rings. The van der Waals surface area contributed by atoms with Gasteiger partial charge in [-0.25, -0.2) is 0 Å². The first kappa shape index (κ1) is 18.2. The van der Waals surface area contributed by atoms with Gasteiger partial charge in [-0.3, -0.25) is 0 Å². The lowest BCUT2D eigenvalue weighted by atomic mass is 10.0. The standard InChI is InChI=1S/C23H27NO3/c1-2-16-7-9-17(10-8-16)11-18-14-24(22-6-4-3-5-21(18)22)23-13-19(26)12-20(15-25)27-23/h3-10,14,19-20,23,25-26H,2,11-13,15H2,1H3/t19-,20-,23+/m0/s1. The van der Waals surface area contributed by atoms with Crippen LogP contribution in [0.15, 0.2) is 54.7 Å². The Labute approximate surface area is 160 Å². The van der Waals surface area contributed by atoms with Crippen LogP contribution in [0.5, 0.6) is 0 Å². The quantitative estimate of drug-likeness (QED) is 0.723. The number of aliphatic hydroxyl groups excluding tert-OH is 2. The molecule has 27 heavy (non-hydrogen) atoms. The van der Waals surface area contributed by atoms with Crippen LogP contribution in [0.25, 0.3) is 10.9 Å². The minimum Gasteiger partial charge on any atom is -0.394 e. The van der Waals surface area contributed by atoms with Crippen molar-refractivity contribution in [2.45, 2.75) is 51.0 Å². The summed E-state index contributed by atoms with van der Waals surface area (Å²) in [5.41, 5.74) is 4.99. The molecule has 2 heterocycles. The Balaban J connectivity index is 1.68. The lowest BCUT2D eigenvalue weighted by molar-refractivity contribution is -0.140. The van der Waals surface area contributed by atoms with Crippen molar-refractivity contribution in [3.8, 4) is 0 Å². The first-order valence-corrected chi connectivity index (χ1v) is 9.78. The molecule has 1 aromatic heterocycles. The van der Waals surface area contributed by atoms with Crippen molar-refractivity contribution >= 4 is 10.9 Å². The van der Waals surface area contributed by atoms with Crippen molar-refractivity contribution in [2.24, 2.45) is 0 Å². The lowest BCUT2D eigenvalue weighted by Gasteiger charge is -2.33. The van der Waals surface area contributed by atoms with Gasteiger partial charge in [0.1, 0.15) is 6.23 Å². The van der Waals surface area contributed by atoms with E-state index >= 15 is 0 Å². The lowest BCUT2D eigenvalue weighted by Crippen LogP contribution is -2.35. The van der Waals surface area contributed by atoms with Gasteiger partial charge in [-0.2, -0.15) is 0 Å². The van der Waals surface area contributed by atoms with Crippen molar-refractivity contribution in [3.05, 3.63) is 71.4 Å². The van der Waals surface area contributed by atoms with E-state index in [1.165, 1.54) is 22.1 Å². The minimum absolute atomic E-state index is 0.0661. The molecule has 142 valence electrons. The number of aromatic nitrogens is 1. The van der Waals surface area contributed by atoms with Crippen LogP contribution in [-0.4, -0.2) is 33.6 Å². The van der Waals surface area contributed by atoms with Crippen molar-refractivity contribution in [1.82, 2.24) is 4.57 Å². The minimum atomic E-state index is -0.452. The molecule has 0 amide bonds.